The second-order valence-electron chi connectivity index (χ2n) is 13.9. The lowest BCUT2D eigenvalue weighted by molar-refractivity contribution is -0.236. The summed E-state index contributed by atoms with van der Waals surface area (Å²) >= 11 is 0. The maximum absolute atomic E-state index is 13.9. The van der Waals surface area contributed by atoms with E-state index in [2.05, 4.69) is 0 Å². The molecule has 1 amide bonds. The summed E-state index contributed by atoms with van der Waals surface area (Å²) in [5, 5.41) is 0. The van der Waals surface area contributed by atoms with Crippen molar-refractivity contribution in [3.05, 3.63) is 179 Å². The number of benzene rings is 5. The monoisotopic (exact) mass is 757 g/mol. The fraction of sp³-hybridized carbons (Fsp3) is 0.319. The smallest absolute Gasteiger partial charge is 0.335 e. The van der Waals surface area contributed by atoms with Gasteiger partial charge in [0.15, 0.2) is 6.10 Å². The summed E-state index contributed by atoms with van der Waals surface area (Å²) < 4.78 is 39.0. The molecule has 0 aromatic heterocycles. The van der Waals surface area contributed by atoms with E-state index in [1.54, 1.807) is 11.8 Å². The molecular weight excluding hydrogens is 707 g/mol. The van der Waals surface area contributed by atoms with E-state index in [-0.39, 0.29) is 45.3 Å². The number of rotatable bonds is 19. The van der Waals surface area contributed by atoms with Crippen LogP contribution >= 0.6 is 0 Å². The van der Waals surface area contributed by atoms with Crippen LogP contribution in [0.2, 0.25) is 0 Å². The maximum Gasteiger partial charge on any atom is 0.335 e. The minimum atomic E-state index is -1.00. The molecular formula is C47H51NO8. The molecule has 6 rings (SSSR count). The van der Waals surface area contributed by atoms with Crippen LogP contribution in [0, 0.1) is 0 Å². The van der Waals surface area contributed by atoms with Crippen molar-refractivity contribution in [1.82, 2.24) is 4.90 Å². The van der Waals surface area contributed by atoms with E-state index in [1.165, 1.54) is 7.11 Å². The molecule has 1 aliphatic rings. The van der Waals surface area contributed by atoms with Gasteiger partial charge in [0.25, 0.3) is 0 Å². The summed E-state index contributed by atoms with van der Waals surface area (Å²) in [6, 6.07) is 48.6. The summed E-state index contributed by atoms with van der Waals surface area (Å²) in [6.45, 7) is 3.02. The molecule has 1 aliphatic heterocycles. The fourth-order valence-corrected chi connectivity index (χ4v) is 7.03. The van der Waals surface area contributed by atoms with Gasteiger partial charge in [-0.3, -0.25) is 4.79 Å². The SMILES string of the molecule is COC(=O)[C@@H]1C[C@H](OCc2ccccc2)[C@@H](N(Cc2ccccc2)C(C)=O)[C@H]([C@H](OCc2ccccc2)[C@@H](COCc2ccccc2)OCc2ccccc2)O1. The average molecular weight is 758 g/mol. The van der Waals surface area contributed by atoms with Gasteiger partial charge >= 0.3 is 5.97 Å². The first-order valence-electron chi connectivity index (χ1n) is 19.1. The van der Waals surface area contributed by atoms with Gasteiger partial charge in [0.1, 0.15) is 18.3 Å². The first-order valence-corrected chi connectivity index (χ1v) is 19.1. The quantitative estimate of drug-likeness (QED) is 0.0792. The minimum absolute atomic E-state index is 0.130. The van der Waals surface area contributed by atoms with E-state index in [0.29, 0.717) is 6.61 Å². The Bertz CT molecular complexity index is 1880. The molecule has 56 heavy (non-hydrogen) atoms. The van der Waals surface area contributed by atoms with Crippen LogP contribution in [-0.2, 0) is 71.0 Å². The highest BCUT2D eigenvalue weighted by Crippen LogP contribution is 2.34. The Morgan fingerprint density at radius 2 is 1.11 bits per heavy atom. The van der Waals surface area contributed by atoms with E-state index in [0.717, 1.165) is 27.8 Å². The van der Waals surface area contributed by atoms with Crippen molar-refractivity contribution in [3.63, 3.8) is 0 Å². The molecule has 1 heterocycles. The number of amides is 1. The number of ether oxygens (including phenoxy) is 6. The standard InChI is InChI=1S/C47H51NO8/c1-35(49)48(29-36-18-8-3-9-19-36)44-41(53-31-38-22-12-5-13-23-38)28-42(47(50)51-2)56-46(44)45(55-33-40-26-16-7-17-27-40)43(54-32-39-24-14-6-15-25-39)34-52-30-37-20-10-4-11-21-37/h3-27,41-46H,28-34H2,1-2H3/t41-,42-,43+,44+,45+,46+/m0/s1. The molecule has 0 aliphatic carbocycles. The van der Waals surface area contributed by atoms with Crippen molar-refractivity contribution >= 4 is 11.9 Å². The maximum atomic E-state index is 13.9. The van der Waals surface area contributed by atoms with Crippen molar-refractivity contribution < 1.29 is 38.0 Å². The lowest BCUT2D eigenvalue weighted by Gasteiger charge is -2.49. The molecule has 1 fully saturated rings. The highest BCUT2D eigenvalue weighted by Gasteiger charge is 2.51. The first-order chi connectivity index (χ1) is 27.5. The molecule has 1 saturated heterocycles. The third-order valence-corrected chi connectivity index (χ3v) is 9.89. The minimum Gasteiger partial charge on any atom is -0.467 e. The van der Waals surface area contributed by atoms with Gasteiger partial charge in [-0.15, -0.1) is 0 Å². The van der Waals surface area contributed by atoms with Crippen LogP contribution in [-0.4, -0.2) is 67.1 Å². The van der Waals surface area contributed by atoms with E-state index >= 15 is 0 Å². The summed E-state index contributed by atoms with van der Waals surface area (Å²) in [5.41, 5.74) is 4.80. The van der Waals surface area contributed by atoms with E-state index < -0.39 is 42.5 Å². The summed E-state index contributed by atoms with van der Waals surface area (Å²) in [7, 11) is 1.34. The molecule has 0 saturated carbocycles. The molecule has 0 radical (unpaired) electrons. The first kappa shape index (κ1) is 40.5. The van der Waals surface area contributed by atoms with Gasteiger partial charge < -0.3 is 33.3 Å². The Balaban J connectivity index is 1.43. The molecule has 6 atom stereocenters. The van der Waals surface area contributed by atoms with Crippen molar-refractivity contribution in [1.29, 1.82) is 0 Å². The average Bonchev–Trinajstić information content (AvgIpc) is 3.25. The Labute approximate surface area is 330 Å². The van der Waals surface area contributed by atoms with E-state index in [9.17, 15) is 9.59 Å². The lowest BCUT2D eigenvalue weighted by Crippen LogP contribution is -2.65. The third-order valence-electron chi connectivity index (χ3n) is 9.89. The van der Waals surface area contributed by atoms with Gasteiger partial charge in [-0.25, -0.2) is 4.79 Å². The molecule has 5 aromatic carbocycles. The lowest BCUT2D eigenvalue weighted by atomic mass is 9.88. The fourth-order valence-electron chi connectivity index (χ4n) is 7.03. The molecule has 9 heteroatoms. The van der Waals surface area contributed by atoms with Crippen LogP contribution in [0.3, 0.4) is 0 Å². The zero-order valence-electron chi connectivity index (χ0n) is 32.1. The highest BCUT2D eigenvalue weighted by atomic mass is 16.6. The second kappa shape index (κ2) is 21.2. The van der Waals surface area contributed by atoms with Crippen LogP contribution in [0.5, 0.6) is 0 Å². The molecule has 5 aromatic rings. The van der Waals surface area contributed by atoms with Gasteiger partial charge in [-0.05, 0) is 27.8 Å². The van der Waals surface area contributed by atoms with Crippen molar-refractivity contribution in [2.75, 3.05) is 13.7 Å². The Morgan fingerprint density at radius 3 is 1.61 bits per heavy atom. The van der Waals surface area contributed by atoms with Crippen LogP contribution in [0.25, 0.3) is 0 Å². The molecule has 292 valence electrons. The zero-order chi connectivity index (χ0) is 39.0. The molecule has 0 bridgehead atoms. The molecule has 9 nitrogen and oxygen atoms in total. The Hall–Kier alpha value is -5.16. The number of hydrogen-bond donors (Lipinski definition) is 0. The van der Waals surface area contributed by atoms with E-state index in [4.69, 9.17) is 28.4 Å². The zero-order valence-corrected chi connectivity index (χ0v) is 32.1. The van der Waals surface area contributed by atoms with Crippen LogP contribution < -0.4 is 0 Å². The van der Waals surface area contributed by atoms with Crippen molar-refractivity contribution in [3.8, 4) is 0 Å². The largest absolute Gasteiger partial charge is 0.467 e. The normalized spacial score (nSPS) is 19.1. The van der Waals surface area contributed by atoms with Gasteiger partial charge in [-0.2, -0.15) is 0 Å². The Morgan fingerprint density at radius 1 is 0.643 bits per heavy atom. The van der Waals surface area contributed by atoms with Gasteiger partial charge in [0.2, 0.25) is 5.91 Å². The van der Waals surface area contributed by atoms with E-state index in [1.807, 2.05) is 152 Å². The predicted molar refractivity (Wildman–Crippen MR) is 213 cm³/mol. The number of methoxy groups -OCH3 is 1. The summed E-state index contributed by atoms with van der Waals surface area (Å²) in [5.74, 6) is -0.718. The Kier molecular flexibility index (Phi) is 15.4. The third kappa shape index (κ3) is 11.7. The van der Waals surface area contributed by atoms with Crippen molar-refractivity contribution in [2.45, 2.75) is 82.9 Å². The predicted octanol–water partition coefficient (Wildman–Crippen LogP) is 7.71. The number of esters is 1. The molecule has 0 N–H and O–H groups in total. The van der Waals surface area contributed by atoms with Crippen LogP contribution in [0.1, 0.15) is 41.2 Å². The van der Waals surface area contributed by atoms with Gasteiger partial charge in [-0.1, -0.05) is 152 Å². The highest BCUT2D eigenvalue weighted by molar-refractivity contribution is 5.75. The number of hydrogen-bond acceptors (Lipinski definition) is 8. The molecule has 0 spiro atoms. The van der Waals surface area contributed by atoms with Crippen molar-refractivity contribution in [2.24, 2.45) is 0 Å². The van der Waals surface area contributed by atoms with Crippen LogP contribution in [0.4, 0.5) is 0 Å². The topological polar surface area (TPSA) is 92.8 Å². The van der Waals surface area contributed by atoms with Crippen LogP contribution in [0.15, 0.2) is 152 Å². The van der Waals surface area contributed by atoms with Gasteiger partial charge in [0, 0.05) is 19.9 Å². The number of nitrogens with zero attached hydrogens (tertiary/aromatic N) is 1. The van der Waals surface area contributed by atoms with Gasteiger partial charge in [0.05, 0.1) is 52.3 Å². The summed E-state index contributed by atoms with van der Waals surface area (Å²) in [6.07, 6.45) is -4.00. The second-order valence-corrected chi connectivity index (χ2v) is 13.9. The number of carbonyl (C=O) groups is 2. The summed E-state index contributed by atoms with van der Waals surface area (Å²) in [4.78, 5) is 29.2. The molecule has 0 unspecified atom stereocenters. The number of carbonyl (C=O) groups excluding carboxylic acids is 2.